The highest BCUT2D eigenvalue weighted by atomic mass is 16.2. The summed E-state index contributed by atoms with van der Waals surface area (Å²) in [5.41, 5.74) is 4.01. The van der Waals surface area contributed by atoms with Crippen LogP contribution in [0.25, 0.3) is 11.0 Å². The van der Waals surface area contributed by atoms with Crippen molar-refractivity contribution in [2.45, 2.75) is 19.3 Å². The van der Waals surface area contributed by atoms with E-state index in [1.807, 2.05) is 46.8 Å². The molecule has 0 saturated carbocycles. The zero-order valence-electron chi connectivity index (χ0n) is 15.3. The molecular weight excluding hydrogens is 340 g/mol. The highest BCUT2D eigenvalue weighted by Gasteiger charge is 2.18. The zero-order valence-corrected chi connectivity index (χ0v) is 15.3. The molecule has 138 valence electrons. The Hall–Kier alpha value is -3.15. The summed E-state index contributed by atoms with van der Waals surface area (Å²) in [6.45, 7) is 1.74. The van der Waals surface area contributed by atoms with E-state index in [9.17, 15) is 9.59 Å². The Morgan fingerprint density at radius 2 is 1.81 bits per heavy atom. The minimum atomic E-state index is -0.177. The molecule has 2 amide bonds. The summed E-state index contributed by atoms with van der Waals surface area (Å²) in [7, 11) is 1.92. The summed E-state index contributed by atoms with van der Waals surface area (Å²) in [5.74, 6) is -0.00334. The van der Waals surface area contributed by atoms with Crippen LogP contribution in [-0.2, 0) is 18.3 Å². The van der Waals surface area contributed by atoms with Gasteiger partial charge in [0, 0.05) is 31.4 Å². The maximum Gasteiger partial charge on any atom is 0.255 e. The van der Waals surface area contributed by atoms with Gasteiger partial charge in [-0.25, -0.2) is 4.98 Å². The van der Waals surface area contributed by atoms with Gasteiger partial charge in [-0.2, -0.15) is 0 Å². The van der Waals surface area contributed by atoms with Gasteiger partial charge in [0.25, 0.3) is 5.91 Å². The monoisotopic (exact) mass is 362 g/mol. The van der Waals surface area contributed by atoms with Crippen LogP contribution in [0.1, 0.15) is 28.8 Å². The summed E-state index contributed by atoms with van der Waals surface area (Å²) in [6.07, 6.45) is 4.33. The lowest BCUT2D eigenvalue weighted by Crippen LogP contribution is -2.29. The number of fused-ring (bicyclic) bond motifs is 1. The number of nitrogens with one attached hydrogen (secondary N) is 1. The van der Waals surface area contributed by atoms with E-state index < -0.39 is 0 Å². The number of amides is 2. The van der Waals surface area contributed by atoms with E-state index in [4.69, 9.17) is 0 Å². The molecule has 1 aliphatic heterocycles. The molecule has 0 aliphatic carbocycles. The third kappa shape index (κ3) is 3.69. The maximum atomic E-state index is 12.5. The van der Waals surface area contributed by atoms with Gasteiger partial charge in [0.1, 0.15) is 0 Å². The summed E-state index contributed by atoms with van der Waals surface area (Å²) in [6, 6.07) is 12.9. The highest BCUT2D eigenvalue weighted by Crippen LogP contribution is 2.17. The fourth-order valence-corrected chi connectivity index (χ4v) is 3.44. The van der Waals surface area contributed by atoms with Crippen molar-refractivity contribution < 1.29 is 9.59 Å². The van der Waals surface area contributed by atoms with Crippen molar-refractivity contribution in [3.8, 4) is 0 Å². The first kappa shape index (κ1) is 17.3. The van der Waals surface area contributed by atoms with E-state index >= 15 is 0 Å². The molecule has 1 aliphatic rings. The Kier molecular flexibility index (Phi) is 4.62. The Labute approximate surface area is 157 Å². The van der Waals surface area contributed by atoms with E-state index in [2.05, 4.69) is 10.3 Å². The second kappa shape index (κ2) is 7.23. The van der Waals surface area contributed by atoms with Crippen molar-refractivity contribution in [2.75, 3.05) is 18.4 Å². The molecule has 2 heterocycles. The number of rotatable bonds is 4. The Bertz CT molecular complexity index is 985. The van der Waals surface area contributed by atoms with Gasteiger partial charge in [0.05, 0.1) is 23.8 Å². The van der Waals surface area contributed by atoms with Gasteiger partial charge in [0.2, 0.25) is 5.91 Å². The minimum Gasteiger partial charge on any atom is -0.342 e. The van der Waals surface area contributed by atoms with Crippen molar-refractivity contribution >= 4 is 28.5 Å². The van der Waals surface area contributed by atoms with Crippen LogP contribution >= 0.6 is 0 Å². The molecule has 1 saturated heterocycles. The van der Waals surface area contributed by atoms with Gasteiger partial charge in [-0.05, 0) is 48.7 Å². The van der Waals surface area contributed by atoms with E-state index in [1.54, 1.807) is 18.5 Å². The Balaban J connectivity index is 1.41. The fraction of sp³-hybridized carbons (Fsp3) is 0.286. The second-order valence-electron chi connectivity index (χ2n) is 6.97. The first-order chi connectivity index (χ1) is 13.1. The van der Waals surface area contributed by atoms with Crippen molar-refractivity contribution in [1.82, 2.24) is 14.5 Å². The number of hydrogen-bond acceptors (Lipinski definition) is 3. The first-order valence-electron chi connectivity index (χ1n) is 9.19. The molecule has 4 rings (SSSR count). The van der Waals surface area contributed by atoms with Crippen LogP contribution in [0.15, 0.2) is 48.8 Å². The topological polar surface area (TPSA) is 67.2 Å². The molecule has 1 N–H and O–H groups in total. The molecular formula is C21H22N4O2. The molecule has 0 radical (unpaired) electrons. The quantitative estimate of drug-likeness (QED) is 0.776. The molecule has 6 heteroatoms. The van der Waals surface area contributed by atoms with E-state index in [1.165, 1.54) is 0 Å². The standard InChI is InChI=1S/C21H22N4O2/c1-24-14-22-18-13-16(6-9-19(18)24)21(27)23-17-7-4-15(5-8-17)12-20(26)25-10-2-3-11-25/h4-9,13-14H,2-3,10-12H2,1H3,(H,23,27). The van der Waals surface area contributed by atoms with Crippen LogP contribution in [0.5, 0.6) is 0 Å². The molecule has 1 fully saturated rings. The second-order valence-corrected chi connectivity index (χ2v) is 6.97. The number of anilines is 1. The van der Waals surface area contributed by atoms with Gasteiger partial charge < -0.3 is 14.8 Å². The third-order valence-corrected chi connectivity index (χ3v) is 5.01. The SMILES string of the molecule is Cn1cnc2cc(C(=O)Nc3ccc(CC(=O)N4CCCC4)cc3)ccc21. The average Bonchev–Trinajstić information content (AvgIpc) is 3.33. The predicted molar refractivity (Wildman–Crippen MR) is 105 cm³/mol. The van der Waals surface area contributed by atoms with Crippen molar-refractivity contribution in [1.29, 1.82) is 0 Å². The lowest BCUT2D eigenvalue weighted by Gasteiger charge is -2.15. The molecule has 0 spiro atoms. The third-order valence-electron chi connectivity index (χ3n) is 5.01. The Morgan fingerprint density at radius 1 is 1.07 bits per heavy atom. The normalized spacial score (nSPS) is 13.9. The fourth-order valence-electron chi connectivity index (χ4n) is 3.44. The summed E-state index contributed by atoms with van der Waals surface area (Å²) in [5, 5.41) is 2.90. The van der Waals surface area contributed by atoms with Gasteiger partial charge in [-0.15, -0.1) is 0 Å². The van der Waals surface area contributed by atoms with Crippen LogP contribution in [0.3, 0.4) is 0 Å². The lowest BCUT2D eigenvalue weighted by atomic mass is 10.1. The van der Waals surface area contributed by atoms with Crippen LogP contribution < -0.4 is 5.32 Å². The molecule has 27 heavy (non-hydrogen) atoms. The summed E-state index contributed by atoms with van der Waals surface area (Å²) in [4.78, 5) is 30.9. The number of nitrogens with zero attached hydrogens (tertiary/aromatic N) is 3. The zero-order chi connectivity index (χ0) is 18.8. The molecule has 6 nitrogen and oxygen atoms in total. The number of likely N-dealkylation sites (tertiary alicyclic amines) is 1. The van der Waals surface area contributed by atoms with E-state index in [0.717, 1.165) is 42.5 Å². The number of aromatic nitrogens is 2. The molecule has 0 atom stereocenters. The number of imidazole rings is 1. The number of hydrogen-bond donors (Lipinski definition) is 1. The van der Waals surface area contributed by atoms with Crippen LogP contribution in [0, 0.1) is 0 Å². The van der Waals surface area contributed by atoms with Gasteiger partial charge >= 0.3 is 0 Å². The van der Waals surface area contributed by atoms with Crippen molar-refractivity contribution in [2.24, 2.45) is 7.05 Å². The summed E-state index contributed by atoms with van der Waals surface area (Å²) >= 11 is 0. The number of benzene rings is 2. The smallest absolute Gasteiger partial charge is 0.255 e. The number of carbonyl (C=O) groups excluding carboxylic acids is 2. The molecule has 3 aromatic rings. The van der Waals surface area contributed by atoms with E-state index in [-0.39, 0.29) is 11.8 Å². The van der Waals surface area contributed by atoms with Gasteiger partial charge in [-0.3, -0.25) is 9.59 Å². The molecule has 0 bridgehead atoms. The predicted octanol–water partition coefficient (Wildman–Crippen LogP) is 2.99. The van der Waals surface area contributed by atoms with Gasteiger partial charge in [-0.1, -0.05) is 12.1 Å². The van der Waals surface area contributed by atoms with Crippen LogP contribution in [0.2, 0.25) is 0 Å². The van der Waals surface area contributed by atoms with Gasteiger partial charge in [0.15, 0.2) is 0 Å². The number of carbonyl (C=O) groups is 2. The number of aryl methyl sites for hydroxylation is 1. The maximum absolute atomic E-state index is 12.5. The highest BCUT2D eigenvalue weighted by molar-refractivity contribution is 6.05. The van der Waals surface area contributed by atoms with Crippen LogP contribution in [-0.4, -0.2) is 39.4 Å². The minimum absolute atomic E-state index is 0.174. The van der Waals surface area contributed by atoms with Crippen LogP contribution in [0.4, 0.5) is 5.69 Å². The average molecular weight is 362 g/mol. The molecule has 2 aromatic carbocycles. The largest absolute Gasteiger partial charge is 0.342 e. The van der Waals surface area contributed by atoms with Crippen molar-refractivity contribution in [3.63, 3.8) is 0 Å². The first-order valence-corrected chi connectivity index (χ1v) is 9.19. The lowest BCUT2D eigenvalue weighted by molar-refractivity contribution is -0.129. The van der Waals surface area contributed by atoms with Crippen molar-refractivity contribution in [3.05, 3.63) is 59.9 Å². The Morgan fingerprint density at radius 3 is 2.56 bits per heavy atom. The molecule has 1 aromatic heterocycles. The summed E-state index contributed by atoms with van der Waals surface area (Å²) < 4.78 is 1.92. The van der Waals surface area contributed by atoms with E-state index in [0.29, 0.717) is 17.7 Å². The molecule has 0 unspecified atom stereocenters.